The lowest BCUT2D eigenvalue weighted by Crippen LogP contribution is -1.94. The summed E-state index contributed by atoms with van der Waals surface area (Å²) in [4.78, 5) is 0. The van der Waals surface area contributed by atoms with E-state index in [-0.39, 0.29) is 5.75 Å². The van der Waals surface area contributed by atoms with Crippen LogP contribution in [0.15, 0.2) is 12.1 Å². The second-order valence-electron chi connectivity index (χ2n) is 3.43. The lowest BCUT2D eigenvalue weighted by atomic mass is 10.0. The summed E-state index contributed by atoms with van der Waals surface area (Å²) < 4.78 is 5.16. The quantitative estimate of drug-likeness (QED) is 0.797. The van der Waals surface area contributed by atoms with E-state index in [1.54, 1.807) is 19.3 Å². The van der Waals surface area contributed by atoms with Crippen LogP contribution in [-0.2, 0) is 0 Å². The maximum Gasteiger partial charge on any atom is 0.165 e. The second kappa shape index (κ2) is 4.84. The first-order valence-corrected chi connectivity index (χ1v) is 4.85. The van der Waals surface area contributed by atoms with E-state index in [0.717, 1.165) is 16.7 Å². The van der Waals surface area contributed by atoms with Gasteiger partial charge in [-0.15, -0.1) is 0 Å². The van der Waals surface area contributed by atoms with Crippen molar-refractivity contribution in [2.75, 3.05) is 13.7 Å². The van der Waals surface area contributed by atoms with Gasteiger partial charge in [-0.3, -0.25) is 0 Å². The number of nitrogens with two attached hydrogens (primary N) is 1. The van der Waals surface area contributed by atoms with Gasteiger partial charge in [-0.2, -0.15) is 0 Å². The molecule has 15 heavy (non-hydrogen) atoms. The summed E-state index contributed by atoms with van der Waals surface area (Å²) in [5.41, 5.74) is 8.14. The van der Waals surface area contributed by atoms with Crippen LogP contribution < -0.4 is 10.5 Å². The number of rotatable bonds is 3. The minimum atomic E-state index is 0.172. The molecule has 0 unspecified atom stereocenters. The maximum atomic E-state index is 9.90. The molecule has 0 atom stereocenters. The first-order valence-electron chi connectivity index (χ1n) is 4.85. The Hall–Kier alpha value is -1.48. The zero-order valence-corrected chi connectivity index (χ0v) is 9.37. The van der Waals surface area contributed by atoms with Gasteiger partial charge in [0, 0.05) is 12.1 Å². The highest BCUT2D eigenvalue weighted by atomic mass is 16.5. The molecule has 0 bridgehead atoms. The highest BCUT2D eigenvalue weighted by molar-refractivity contribution is 5.65. The van der Waals surface area contributed by atoms with Crippen LogP contribution in [0.1, 0.15) is 16.7 Å². The number of phenols is 1. The van der Waals surface area contributed by atoms with Crippen molar-refractivity contribution in [1.29, 1.82) is 0 Å². The number of aromatic hydroxyl groups is 1. The fourth-order valence-corrected chi connectivity index (χ4v) is 1.47. The third-order valence-corrected chi connectivity index (χ3v) is 2.43. The minimum absolute atomic E-state index is 0.172. The van der Waals surface area contributed by atoms with Crippen molar-refractivity contribution in [3.8, 4) is 11.5 Å². The van der Waals surface area contributed by atoms with Gasteiger partial charge in [0.25, 0.3) is 0 Å². The summed E-state index contributed by atoms with van der Waals surface area (Å²) in [6.07, 6.45) is 3.59. The number of benzene rings is 1. The third kappa shape index (κ3) is 2.30. The van der Waals surface area contributed by atoms with Crippen molar-refractivity contribution in [3.05, 3.63) is 28.8 Å². The normalized spacial score (nSPS) is 10.9. The summed E-state index contributed by atoms with van der Waals surface area (Å²) >= 11 is 0. The molecule has 0 amide bonds. The Bertz CT molecular complexity index is 384. The molecular weight excluding hydrogens is 190 g/mol. The van der Waals surface area contributed by atoms with E-state index < -0.39 is 0 Å². The number of methoxy groups -OCH3 is 1. The van der Waals surface area contributed by atoms with Crippen LogP contribution in [-0.4, -0.2) is 18.8 Å². The molecule has 0 aliphatic rings. The standard InChI is InChI=1S/C12H17NO2/c1-8-7-10(5-4-6-13)11(14)12(15-3)9(8)2/h4-5,7,14H,6,13H2,1-3H3/b5-4+. The average molecular weight is 207 g/mol. The number of aryl methyl sites for hydroxylation is 1. The van der Waals surface area contributed by atoms with Gasteiger partial charge in [0.1, 0.15) is 0 Å². The molecule has 0 saturated heterocycles. The Morgan fingerprint density at radius 3 is 2.67 bits per heavy atom. The fourth-order valence-electron chi connectivity index (χ4n) is 1.47. The second-order valence-corrected chi connectivity index (χ2v) is 3.43. The van der Waals surface area contributed by atoms with Crippen molar-refractivity contribution < 1.29 is 9.84 Å². The summed E-state index contributed by atoms with van der Waals surface area (Å²) in [5, 5.41) is 9.90. The van der Waals surface area contributed by atoms with Crippen LogP contribution >= 0.6 is 0 Å². The van der Waals surface area contributed by atoms with Crippen LogP contribution in [0.3, 0.4) is 0 Å². The van der Waals surface area contributed by atoms with Crippen molar-refractivity contribution in [2.24, 2.45) is 5.73 Å². The SMILES string of the molecule is COc1c(C)c(C)cc(/C=C/CN)c1O. The molecule has 3 N–H and O–H groups in total. The zero-order valence-electron chi connectivity index (χ0n) is 9.37. The largest absolute Gasteiger partial charge is 0.504 e. The molecule has 82 valence electrons. The van der Waals surface area contributed by atoms with Gasteiger partial charge >= 0.3 is 0 Å². The maximum absolute atomic E-state index is 9.90. The Kier molecular flexibility index (Phi) is 3.74. The van der Waals surface area contributed by atoms with E-state index >= 15 is 0 Å². The Balaban J connectivity index is 3.30. The molecule has 1 rings (SSSR count). The lowest BCUT2D eigenvalue weighted by molar-refractivity contribution is 0.370. The van der Waals surface area contributed by atoms with E-state index in [2.05, 4.69) is 0 Å². The van der Waals surface area contributed by atoms with Crippen LogP contribution in [0.5, 0.6) is 11.5 Å². The molecule has 1 aromatic carbocycles. The summed E-state index contributed by atoms with van der Waals surface area (Å²) in [5.74, 6) is 0.706. The van der Waals surface area contributed by atoms with E-state index in [1.807, 2.05) is 19.9 Å². The molecule has 0 fully saturated rings. The average Bonchev–Trinajstić information content (AvgIpc) is 2.22. The zero-order chi connectivity index (χ0) is 11.4. The van der Waals surface area contributed by atoms with Crippen LogP contribution in [0.25, 0.3) is 6.08 Å². The van der Waals surface area contributed by atoms with Gasteiger partial charge < -0.3 is 15.6 Å². The molecule has 0 spiro atoms. The van der Waals surface area contributed by atoms with Crippen LogP contribution in [0.4, 0.5) is 0 Å². The van der Waals surface area contributed by atoms with Gasteiger partial charge in [-0.05, 0) is 31.0 Å². The number of hydrogen-bond acceptors (Lipinski definition) is 3. The highest BCUT2D eigenvalue weighted by Crippen LogP contribution is 2.36. The number of hydrogen-bond donors (Lipinski definition) is 2. The van der Waals surface area contributed by atoms with Gasteiger partial charge in [0.05, 0.1) is 7.11 Å². The Labute approximate surface area is 90.2 Å². The monoisotopic (exact) mass is 207 g/mol. The molecule has 0 aliphatic heterocycles. The lowest BCUT2D eigenvalue weighted by Gasteiger charge is -2.12. The molecule has 1 aromatic rings. The first kappa shape index (κ1) is 11.6. The van der Waals surface area contributed by atoms with Crippen LogP contribution in [0, 0.1) is 13.8 Å². The summed E-state index contributed by atoms with van der Waals surface area (Å²) in [6.45, 7) is 4.36. The van der Waals surface area contributed by atoms with Crippen molar-refractivity contribution in [2.45, 2.75) is 13.8 Å². The Morgan fingerprint density at radius 1 is 1.47 bits per heavy atom. The Morgan fingerprint density at radius 2 is 2.13 bits per heavy atom. The van der Waals surface area contributed by atoms with Crippen molar-refractivity contribution in [1.82, 2.24) is 0 Å². The molecule has 0 heterocycles. The third-order valence-electron chi connectivity index (χ3n) is 2.43. The summed E-state index contributed by atoms with van der Waals surface area (Å²) in [7, 11) is 1.55. The van der Waals surface area contributed by atoms with E-state index in [4.69, 9.17) is 10.5 Å². The van der Waals surface area contributed by atoms with Crippen molar-refractivity contribution in [3.63, 3.8) is 0 Å². The van der Waals surface area contributed by atoms with Gasteiger partial charge in [-0.1, -0.05) is 12.2 Å². The highest BCUT2D eigenvalue weighted by Gasteiger charge is 2.11. The van der Waals surface area contributed by atoms with E-state index in [0.29, 0.717) is 12.3 Å². The molecule has 0 radical (unpaired) electrons. The molecule has 3 heteroatoms. The molecule has 0 aromatic heterocycles. The predicted molar refractivity (Wildman–Crippen MR) is 62.2 cm³/mol. The van der Waals surface area contributed by atoms with Crippen LogP contribution in [0.2, 0.25) is 0 Å². The molecule has 3 nitrogen and oxygen atoms in total. The smallest absolute Gasteiger partial charge is 0.165 e. The molecular formula is C12H17NO2. The topological polar surface area (TPSA) is 55.5 Å². The van der Waals surface area contributed by atoms with Crippen molar-refractivity contribution >= 4 is 6.08 Å². The molecule has 0 aliphatic carbocycles. The predicted octanol–water partition coefficient (Wildman–Crippen LogP) is 1.99. The number of ether oxygens (including phenoxy) is 1. The van der Waals surface area contributed by atoms with Gasteiger partial charge in [0.15, 0.2) is 11.5 Å². The van der Waals surface area contributed by atoms with Gasteiger partial charge in [-0.25, -0.2) is 0 Å². The summed E-state index contributed by atoms with van der Waals surface area (Å²) in [6, 6.07) is 1.92. The van der Waals surface area contributed by atoms with E-state index in [9.17, 15) is 5.11 Å². The van der Waals surface area contributed by atoms with E-state index in [1.165, 1.54) is 0 Å². The fraction of sp³-hybridized carbons (Fsp3) is 0.333. The van der Waals surface area contributed by atoms with Gasteiger partial charge in [0.2, 0.25) is 0 Å². The molecule has 0 saturated carbocycles. The first-order chi connectivity index (χ1) is 7.11. The number of phenolic OH excluding ortho intramolecular Hbond substituents is 1. The minimum Gasteiger partial charge on any atom is -0.504 e.